The van der Waals surface area contributed by atoms with Crippen molar-refractivity contribution in [3.63, 3.8) is 0 Å². The van der Waals surface area contributed by atoms with Crippen LogP contribution in [0, 0.1) is 0 Å². The van der Waals surface area contributed by atoms with Gasteiger partial charge in [-0.1, -0.05) is 12.1 Å². The fraction of sp³-hybridized carbons (Fsp3) is 0.700. The molecule has 3 rings (SSSR count). The van der Waals surface area contributed by atoms with Crippen LogP contribution < -0.4 is 4.52 Å². The summed E-state index contributed by atoms with van der Waals surface area (Å²) in [5.41, 5.74) is 6.11. The van der Waals surface area contributed by atoms with Crippen LogP contribution in [0.1, 0.15) is 71.9 Å². The maximum absolute atomic E-state index is 6.96. The van der Waals surface area contributed by atoms with Gasteiger partial charge in [-0.3, -0.25) is 0 Å². The van der Waals surface area contributed by atoms with Gasteiger partial charge in [0.2, 0.25) is 12.9 Å². The van der Waals surface area contributed by atoms with Crippen molar-refractivity contribution < 1.29 is 4.52 Å². The lowest BCUT2D eigenvalue weighted by atomic mass is 10.1. The van der Waals surface area contributed by atoms with Gasteiger partial charge in [0.1, 0.15) is 11.3 Å². The lowest BCUT2D eigenvalue weighted by molar-refractivity contribution is 0.585. The van der Waals surface area contributed by atoms with Gasteiger partial charge in [-0.2, -0.15) is 0 Å². The van der Waals surface area contributed by atoms with Gasteiger partial charge in [0, 0.05) is 5.56 Å². The molecule has 0 N–H and O–H groups in total. The van der Waals surface area contributed by atoms with E-state index < -0.39 is 14.8 Å². The molecule has 2 heterocycles. The molecule has 1 atom stereocenters. The molecule has 1 aromatic rings. The number of hydrogen-bond donors (Lipinski definition) is 0. The van der Waals surface area contributed by atoms with Crippen molar-refractivity contribution >= 4 is 14.8 Å². The summed E-state index contributed by atoms with van der Waals surface area (Å²) >= 11 is 0. The van der Waals surface area contributed by atoms with Crippen LogP contribution in [-0.4, -0.2) is 22.6 Å². The Bertz CT molecular complexity index is 539. The van der Waals surface area contributed by atoms with Crippen molar-refractivity contribution in [3.8, 4) is 5.75 Å². The molecule has 0 amide bonds. The Balaban J connectivity index is 2.31. The Hall–Kier alpha value is -0.120. The smallest absolute Gasteiger partial charge is 0.240 e. The van der Waals surface area contributed by atoms with E-state index in [9.17, 15) is 0 Å². The first kappa shape index (κ1) is 17.7. The fourth-order valence-electron chi connectivity index (χ4n) is 5.38. The minimum Gasteiger partial charge on any atom is -0.345 e. The summed E-state index contributed by atoms with van der Waals surface area (Å²) in [4.78, 5) is 0. The van der Waals surface area contributed by atoms with Crippen molar-refractivity contribution in [2.24, 2.45) is 0 Å². The SMILES string of the molecule is CC(C)[P+]1(C(C)C)Cc2cccc3c2C1[P+](C(C)C)(C(C)C)O3. The molecule has 0 saturated heterocycles. The van der Waals surface area contributed by atoms with E-state index in [4.69, 9.17) is 4.52 Å². The maximum Gasteiger partial charge on any atom is 0.240 e. The molecule has 2 aliphatic heterocycles. The van der Waals surface area contributed by atoms with Crippen LogP contribution in [-0.2, 0) is 6.16 Å². The predicted molar refractivity (Wildman–Crippen MR) is 108 cm³/mol. The lowest BCUT2D eigenvalue weighted by Gasteiger charge is -2.41. The molecule has 0 saturated carbocycles. The molecular weight excluding hydrogens is 318 g/mol. The molecule has 0 bridgehead atoms. The zero-order valence-electron chi connectivity index (χ0n) is 16.1. The van der Waals surface area contributed by atoms with Gasteiger partial charge in [0.25, 0.3) is 0 Å². The summed E-state index contributed by atoms with van der Waals surface area (Å²) in [6, 6.07) is 6.87. The molecule has 0 radical (unpaired) electrons. The largest absolute Gasteiger partial charge is 0.345 e. The highest BCUT2D eigenvalue weighted by Gasteiger charge is 2.76. The molecule has 0 aliphatic carbocycles. The zero-order valence-corrected chi connectivity index (χ0v) is 17.9. The summed E-state index contributed by atoms with van der Waals surface area (Å²) < 4.78 is 6.96. The van der Waals surface area contributed by atoms with Crippen molar-refractivity contribution in [1.82, 2.24) is 0 Å². The minimum atomic E-state index is -1.51. The Morgan fingerprint density at radius 1 is 0.870 bits per heavy atom. The normalized spacial score (nSPS) is 23.9. The average Bonchev–Trinajstić information content (AvgIpc) is 2.99. The molecular formula is C20H34OP2+2. The Morgan fingerprint density at radius 3 is 1.91 bits per heavy atom. The topological polar surface area (TPSA) is 9.23 Å². The van der Waals surface area contributed by atoms with E-state index in [-0.39, 0.29) is 0 Å². The van der Waals surface area contributed by atoms with Crippen LogP contribution in [0.5, 0.6) is 5.75 Å². The van der Waals surface area contributed by atoms with Gasteiger partial charge >= 0.3 is 0 Å². The first-order valence-electron chi connectivity index (χ1n) is 9.26. The summed E-state index contributed by atoms with van der Waals surface area (Å²) in [6.45, 7) is 19.7. The van der Waals surface area contributed by atoms with E-state index in [1.807, 2.05) is 0 Å². The molecule has 1 unspecified atom stereocenters. The summed E-state index contributed by atoms with van der Waals surface area (Å²) in [7, 11) is -2.65. The van der Waals surface area contributed by atoms with Gasteiger partial charge in [0.15, 0.2) is 5.75 Å². The minimum absolute atomic E-state index is 0.641. The van der Waals surface area contributed by atoms with E-state index in [1.54, 1.807) is 11.1 Å². The van der Waals surface area contributed by atoms with E-state index >= 15 is 0 Å². The van der Waals surface area contributed by atoms with Crippen LogP contribution in [0.25, 0.3) is 0 Å². The van der Waals surface area contributed by atoms with Crippen molar-refractivity contribution in [1.29, 1.82) is 0 Å². The second-order valence-corrected chi connectivity index (χ2v) is 18.2. The van der Waals surface area contributed by atoms with Crippen LogP contribution in [0.3, 0.4) is 0 Å². The van der Waals surface area contributed by atoms with Crippen LogP contribution in [0.15, 0.2) is 18.2 Å². The summed E-state index contributed by atoms with van der Waals surface area (Å²) in [6.07, 6.45) is 1.35. The monoisotopic (exact) mass is 352 g/mol. The van der Waals surface area contributed by atoms with Gasteiger partial charge in [-0.25, -0.2) is 0 Å². The number of benzene rings is 1. The van der Waals surface area contributed by atoms with E-state index in [2.05, 4.69) is 73.6 Å². The molecule has 3 heteroatoms. The van der Waals surface area contributed by atoms with E-state index in [0.717, 1.165) is 16.7 Å². The van der Waals surface area contributed by atoms with Gasteiger partial charge in [-0.05, 0) is 61.5 Å². The predicted octanol–water partition coefficient (Wildman–Crippen LogP) is 7.18. The summed E-state index contributed by atoms with van der Waals surface area (Å²) in [5.74, 6) is 1.24. The third kappa shape index (κ3) is 2.12. The Labute approximate surface area is 144 Å². The third-order valence-corrected chi connectivity index (χ3v) is 19.5. The first-order valence-corrected chi connectivity index (χ1v) is 13.4. The molecule has 128 valence electrons. The van der Waals surface area contributed by atoms with E-state index in [1.165, 1.54) is 11.9 Å². The highest BCUT2D eigenvalue weighted by Crippen LogP contribution is 2.99. The zero-order chi connectivity index (χ0) is 17.2. The Morgan fingerprint density at radius 2 is 1.43 bits per heavy atom. The van der Waals surface area contributed by atoms with E-state index in [0.29, 0.717) is 11.3 Å². The number of rotatable bonds is 4. The van der Waals surface area contributed by atoms with Crippen molar-refractivity contribution in [2.45, 2.75) is 89.6 Å². The third-order valence-electron chi connectivity index (χ3n) is 6.49. The second kappa shape index (κ2) is 5.71. The average molecular weight is 352 g/mol. The maximum atomic E-state index is 6.96. The first-order chi connectivity index (χ1) is 10.7. The fourth-order valence-corrected chi connectivity index (χ4v) is 20.6. The molecule has 1 nitrogen and oxygen atoms in total. The van der Waals surface area contributed by atoms with Gasteiger partial charge < -0.3 is 4.52 Å². The van der Waals surface area contributed by atoms with Crippen molar-refractivity contribution in [2.75, 3.05) is 0 Å². The van der Waals surface area contributed by atoms with Crippen LogP contribution >= 0.6 is 14.8 Å². The van der Waals surface area contributed by atoms with Gasteiger partial charge in [0.05, 0.1) is 30.3 Å². The molecule has 0 spiro atoms. The van der Waals surface area contributed by atoms with Crippen LogP contribution in [0.4, 0.5) is 0 Å². The molecule has 2 aliphatic rings. The molecule has 23 heavy (non-hydrogen) atoms. The highest BCUT2D eigenvalue weighted by atomic mass is 31.2. The Kier molecular flexibility index (Phi) is 4.39. The molecule has 1 aromatic carbocycles. The molecule has 0 fully saturated rings. The van der Waals surface area contributed by atoms with Gasteiger partial charge in [-0.15, -0.1) is 0 Å². The standard InChI is InChI=1S/C20H34OP2/c1-13(2)22(14(3)4)12-17-10-9-11-18-19(17)20(22)23(21-18,15(5)6)16(7)8/h9-11,13-16,20H,12H2,1-8H3/q+2. The molecule has 0 aromatic heterocycles. The van der Waals surface area contributed by atoms with Crippen molar-refractivity contribution in [3.05, 3.63) is 29.3 Å². The number of hydrogen-bond acceptors (Lipinski definition) is 1. The van der Waals surface area contributed by atoms with Crippen LogP contribution in [0.2, 0.25) is 0 Å². The summed E-state index contributed by atoms with van der Waals surface area (Å²) in [5, 5.41) is 0.737. The lowest BCUT2D eigenvalue weighted by Crippen LogP contribution is -2.27. The highest BCUT2D eigenvalue weighted by molar-refractivity contribution is 7.92. The quantitative estimate of drug-likeness (QED) is 0.522. The second-order valence-electron chi connectivity index (χ2n) is 8.59.